The Kier molecular flexibility index (Phi) is 3.66. The third-order valence-corrected chi connectivity index (χ3v) is 5.72. The topological polar surface area (TPSA) is 105 Å². The lowest BCUT2D eigenvalue weighted by molar-refractivity contribution is 0.554. The summed E-state index contributed by atoms with van der Waals surface area (Å²) in [5.74, 6) is -0.634. The van der Waals surface area contributed by atoms with Gasteiger partial charge in [0.05, 0.1) is 16.1 Å². The Morgan fingerprint density at radius 2 is 1.92 bits per heavy atom. The summed E-state index contributed by atoms with van der Waals surface area (Å²) < 4.78 is 32.4. The summed E-state index contributed by atoms with van der Waals surface area (Å²) in [6, 6.07) is 13.6. The fraction of sp³-hybridized carbons (Fsp3) is 0. The number of H-pyrrole nitrogens is 1. The van der Waals surface area contributed by atoms with Crippen molar-refractivity contribution < 1.29 is 12.8 Å². The van der Waals surface area contributed by atoms with Gasteiger partial charge in [-0.05, 0) is 12.1 Å². The predicted molar refractivity (Wildman–Crippen MR) is 95.2 cm³/mol. The van der Waals surface area contributed by atoms with Gasteiger partial charge in [-0.15, -0.1) is 11.3 Å². The lowest BCUT2D eigenvalue weighted by Gasteiger charge is -2.04. The Morgan fingerprint density at radius 3 is 2.72 bits per heavy atom. The maximum absolute atomic E-state index is 12.5. The van der Waals surface area contributed by atoms with E-state index >= 15 is 0 Å². The van der Waals surface area contributed by atoms with E-state index in [0.717, 1.165) is 5.56 Å². The fourth-order valence-corrected chi connectivity index (χ4v) is 4.32. The van der Waals surface area contributed by atoms with E-state index in [2.05, 4.69) is 14.7 Å². The summed E-state index contributed by atoms with van der Waals surface area (Å²) in [6.07, 6.45) is 0. The van der Waals surface area contributed by atoms with Crippen molar-refractivity contribution in [3.63, 3.8) is 0 Å². The molecule has 0 aliphatic rings. The first-order valence-corrected chi connectivity index (χ1v) is 9.54. The first-order chi connectivity index (χ1) is 12.0. The van der Waals surface area contributed by atoms with Crippen LogP contribution in [0.4, 0.5) is 5.13 Å². The highest BCUT2D eigenvalue weighted by Crippen LogP contribution is 2.27. The van der Waals surface area contributed by atoms with Crippen LogP contribution >= 0.6 is 11.3 Å². The van der Waals surface area contributed by atoms with Crippen molar-refractivity contribution in [1.82, 2.24) is 9.97 Å². The molecule has 0 aliphatic heterocycles. The van der Waals surface area contributed by atoms with Gasteiger partial charge in [0.2, 0.25) is 0 Å². The molecule has 0 amide bonds. The molecule has 0 atom stereocenters. The number of aromatic nitrogens is 2. The second kappa shape index (κ2) is 5.87. The quantitative estimate of drug-likeness (QED) is 0.572. The van der Waals surface area contributed by atoms with Crippen molar-refractivity contribution in [3.8, 4) is 11.3 Å². The molecule has 0 radical (unpaired) electrons. The predicted octanol–water partition coefficient (Wildman–Crippen LogP) is 3.05. The molecule has 4 rings (SSSR count). The number of anilines is 1. The minimum atomic E-state index is -3.84. The number of hydrogen-bond acceptors (Lipinski definition) is 6. The fourth-order valence-electron chi connectivity index (χ4n) is 2.33. The molecule has 0 spiro atoms. The number of fused-ring (bicyclic) bond motifs is 1. The second-order valence-electron chi connectivity index (χ2n) is 5.18. The van der Waals surface area contributed by atoms with Crippen molar-refractivity contribution in [3.05, 3.63) is 64.5 Å². The number of aromatic amines is 1. The number of rotatable bonds is 4. The van der Waals surface area contributed by atoms with Crippen LogP contribution in [0.5, 0.6) is 0 Å². The van der Waals surface area contributed by atoms with Gasteiger partial charge in [-0.25, -0.2) is 18.2 Å². The average Bonchev–Trinajstić information content (AvgIpc) is 3.20. The Balaban J connectivity index is 1.64. The van der Waals surface area contributed by atoms with Crippen LogP contribution in [0.2, 0.25) is 0 Å². The van der Waals surface area contributed by atoms with E-state index in [1.807, 2.05) is 30.3 Å². The van der Waals surface area contributed by atoms with Gasteiger partial charge >= 0.3 is 5.76 Å². The largest absolute Gasteiger partial charge is 0.417 e. The van der Waals surface area contributed by atoms with Crippen molar-refractivity contribution in [2.45, 2.75) is 4.90 Å². The Morgan fingerprint density at radius 1 is 1.12 bits per heavy atom. The van der Waals surface area contributed by atoms with Crippen molar-refractivity contribution in [1.29, 1.82) is 0 Å². The molecule has 0 saturated carbocycles. The van der Waals surface area contributed by atoms with E-state index in [1.54, 1.807) is 5.38 Å². The molecule has 0 unspecified atom stereocenters. The van der Waals surface area contributed by atoms with E-state index in [-0.39, 0.29) is 15.6 Å². The number of thiazole rings is 1. The molecular formula is C16H11N3O4S2. The molecule has 7 nitrogen and oxygen atoms in total. The molecule has 126 valence electrons. The normalized spacial score (nSPS) is 11.7. The molecular weight excluding hydrogens is 362 g/mol. The zero-order valence-electron chi connectivity index (χ0n) is 12.6. The van der Waals surface area contributed by atoms with Crippen LogP contribution in [0.25, 0.3) is 22.4 Å². The molecule has 2 heterocycles. The Labute approximate surface area is 146 Å². The summed E-state index contributed by atoms with van der Waals surface area (Å²) >= 11 is 1.19. The number of hydrogen-bond donors (Lipinski definition) is 2. The summed E-state index contributed by atoms with van der Waals surface area (Å²) in [4.78, 5) is 17.9. The van der Waals surface area contributed by atoms with Gasteiger partial charge in [0.25, 0.3) is 10.0 Å². The van der Waals surface area contributed by atoms with Gasteiger partial charge in [0.1, 0.15) is 0 Å². The van der Waals surface area contributed by atoms with Crippen LogP contribution in [0.1, 0.15) is 0 Å². The summed E-state index contributed by atoms with van der Waals surface area (Å²) in [6.45, 7) is 0. The Hall–Kier alpha value is -2.91. The van der Waals surface area contributed by atoms with E-state index in [4.69, 9.17) is 4.42 Å². The average molecular weight is 373 g/mol. The smallest absolute Gasteiger partial charge is 0.408 e. The third kappa shape index (κ3) is 3.06. The van der Waals surface area contributed by atoms with Crippen LogP contribution in [-0.4, -0.2) is 18.4 Å². The van der Waals surface area contributed by atoms with E-state index in [0.29, 0.717) is 11.2 Å². The van der Waals surface area contributed by atoms with Crippen LogP contribution in [-0.2, 0) is 10.0 Å². The van der Waals surface area contributed by atoms with Gasteiger partial charge in [-0.1, -0.05) is 30.3 Å². The maximum atomic E-state index is 12.5. The lowest BCUT2D eigenvalue weighted by atomic mass is 10.2. The number of benzene rings is 2. The van der Waals surface area contributed by atoms with Crippen LogP contribution in [0, 0.1) is 0 Å². The molecule has 0 fully saturated rings. The summed E-state index contributed by atoms with van der Waals surface area (Å²) in [7, 11) is -3.84. The number of sulfonamides is 1. The monoisotopic (exact) mass is 373 g/mol. The molecule has 0 aliphatic carbocycles. The zero-order valence-corrected chi connectivity index (χ0v) is 14.2. The van der Waals surface area contributed by atoms with E-state index in [9.17, 15) is 13.2 Å². The SMILES string of the molecule is O=c1[nH]c2ccc(S(=O)(=O)Nc3nc(-c4ccccc4)cs3)cc2o1. The molecule has 2 aromatic heterocycles. The minimum Gasteiger partial charge on any atom is -0.408 e. The highest BCUT2D eigenvalue weighted by Gasteiger charge is 2.18. The van der Waals surface area contributed by atoms with E-state index < -0.39 is 15.8 Å². The number of oxazole rings is 1. The molecule has 9 heteroatoms. The first kappa shape index (κ1) is 15.6. The van der Waals surface area contributed by atoms with Crippen LogP contribution in [0.15, 0.2) is 68.0 Å². The number of nitrogens with one attached hydrogen (secondary N) is 2. The van der Waals surface area contributed by atoms with Crippen molar-refractivity contribution >= 4 is 37.6 Å². The van der Waals surface area contributed by atoms with Gasteiger partial charge < -0.3 is 4.42 Å². The minimum absolute atomic E-state index is 0.0146. The molecule has 2 aromatic carbocycles. The number of nitrogens with zero attached hydrogens (tertiary/aromatic N) is 1. The van der Waals surface area contributed by atoms with Gasteiger partial charge in [-0.3, -0.25) is 9.71 Å². The molecule has 0 bridgehead atoms. The van der Waals surface area contributed by atoms with Crippen molar-refractivity contribution in [2.24, 2.45) is 0 Å². The standard InChI is InChI=1S/C16H11N3O4S2/c20-16-18-12-7-6-11(8-14(12)23-16)25(21,22)19-15-17-13(9-24-15)10-4-2-1-3-5-10/h1-9H,(H,17,19)(H,18,20). The highest BCUT2D eigenvalue weighted by molar-refractivity contribution is 7.93. The van der Waals surface area contributed by atoms with Crippen molar-refractivity contribution in [2.75, 3.05) is 4.72 Å². The molecule has 4 aromatic rings. The first-order valence-electron chi connectivity index (χ1n) is 7.18. The van der Waals surface area contributed by atoms with Crippen LogP contribution < -0.4 is 10.5 Å². The highest BCUT2D eigenvalue weighted by atomic mass is 32.2. The van der Waals surface area contributed by atoms with Gasteiger partial charge in [-0.2, -0.15) is 0 Å². The molecule has 25 heavy (non-hydrogen) atoms. The van der Waals surface area contributed by atoms with E-state index in [1.165, 1.54) is 29.5 Å². The lowest BCUT2D eigenvalue weighted by Crippen LogP contribution is -2.12. The zero-order chi connectivity index (χ0) is 17.4. The third-order valence-electron chi connectivity index (χ3n) is 3.50. The maximum Gasteiger partial charge on any atom is 0.417 e. The molecule has 2 N–H and O–H groups in total. The Bertz CT molecular complexity index is 1210. The summed E-state index contributed by atoms with van der Waals surface area (Å²) in [5, 5.41) is 2.04. The van der Waals surface area contributed by atoms with Gasteiger partial charge in [0, 0.05) is 17.0 Å². The molecule has 0 saturated heterocycles. The summed E-state index contributed by atoms with van der Waals surface area (Å²) in [5.41, 5.74) is 2.21. The second-order valence-corrected chi connectivity index (χ2v) is 7.72. The van der Waals surface area contributed by atoms with Gasteiger partial charge in [0.15, 0.2) is 10.7 Å². The van der Waals surface area contributed by atoms with Crippen LogP contribution in [0.3, 0.4) is 0 Å².